The number of carbonyl (C=O) groups excluding carboxylic acids is 2. The maximum atomic E-state index is 12.7. The standard InChI is InChI=1S/C22H29N5O5S/c1-22(14-32-21(31)24-7-8-26-11-9-25(2)10-12-26)17(20(29)30)27-18(28)16(19(27)33-22)13-15-5-3-4-6-23-15/h3-6,13,17,19H,7-12,14H2,1-2H3,(H,24,31)(H,29,30)/p+1. The topological polar surface area (TPSA) is 117 Å². The summed E-state index contributed by atoms with van der Waals surface area (Å²) in [6, 6.07) is 4.31. The number of carboxylic acid groups (broad SMARTS) is 1. The highest BCUT2D eigenvalue weighted by Gasteiger charge is 2.63. The highest BCUT2D eigenvalue weighted by molar-refractivity contribution is 8.02. The molecule has 0 aliphatic carbocycles. The van der Waals surface area contributed by atoms with Crippen molar-refractivity contribution in [1.82, 2.24) is 20.1 Å². The molecule has 10 nitrogen and oxygen atoms in total. The molecule has 1 aromatic heterocycles. The van der Waals surface area contributed by atoms with Crippen molar-refractivity contribution in [3.63, 3.8) is 0 Å². The van der Waals surface area contributed by atoms with Crippen LogP contribution in [-0.2, 0) is 14.3 Å². The summed E-state index contributed by atoms with van der Waals surface area (Å²) in [5.74, 6) is -1.44. The van der Waals surface area contributed by atoms with Gasteiger partial charge in [0.2, 0.25) is 0 Å². The first-order chi connectivity index (χ1) is 15.8. The number of ether oxygens (including phenoxy) is 1. The quantitative estimate of drug-likeness (QED) is 0.344. The number of carboxylic acids is 1. The van der Waals surface area contributed by atoms with Crippen molar-refractivity contribution >= 4 is 35.8 Å². The minimum absolute atomic E-state index is 0.116. The molecule has 3 aliphatic rings. The molecule has 0 radical (unpaired) electrons. The molecule has 0 aromatic carbocycles. The fourth-order valence-electron chi connectivity index (χ4n) is 4.41. The van der Waals surface area contributed by atoms with Crippen LogP contribution in [0.25, 0.3) is 6.08 Å². The van der Waals surface area contributed by atoms with Crippen molar-refractivity contribution in [2.75, 3.05) is 52.9 Å². The fourth-order valence-corrected chi connectivity index (χ4v) is 6.02. The number of aliphatic carboxylic acids is 1. The second-order valence-corrected chi connectivity index (χ2v) is 10.5. The number of pyridine rings is 1. The second-order valence-electron chi connectivity index (χ2n) is 8.89. The molecule has 11 heteroatoms. The molecule has 3 atom stereocenters. The predicted octanol–water partition coefficient (Wildman–Crippen LogP) is -0.851. The van der Waals surface area contributed by atoms with Gasteiger partial charge in [-0.3, -0.25) is 14.7 Å². The second kappa shape index (κ2) is 9.70. The van der Waals surface area contributed by atoms with Crippen LogP contribution in [0.3, 0.4) is 0 Å². The minimum Gasteiger partial charge on any atom is -0.480 e. The number of hydrogen-bond acceptors (Lipinski definition) is 7. The summed E-state index contributed by atoms with van der Waals surface area (Å²) >= 11 is 1.33. The zero-order chi connectivity index (χ0) is 23.6. The molecule has 178 valence electrons. The van der Waals surface area contributed by atoms with Gasteiger partial charge in [-0.25, -0.2) is 9.59 Å². The van der Waals surface area contributed by atoms with E-state index < -0.39 is 28.2 Å². The Kier molecular flexibility index (Phi) is 6.91. The number of fused-ring (bicyclic) bond motifs is 1. The summed E-state index contributed by atoms with van der Waals surface area (Å²) < 4.78 is 4.43. The van der Waals surface area contributed by atoms with E-state index in [-0.39, 0.29) is 12.5 Å². The smallest absolute Gasteiger partial charge is 0.407 e. The molecule has 1 aromatic rings. The van der Waals surface area contributed by atoms with E-state index in [1.807, 2.05) is 6.07 Å². The van der Waals surface area contributed by atoms with Gasteiger partial charge in [0.05, 0.1) is 36.2 Å². The molecule has 3 fully saturated rings. The molecule has 3 aliphatic heterocycles. The summed E-state index contributed by atoms with van der Waals surface area (Å²) in [5, 5.41) is 12.2. The van der Waals surface area contributed by atoms with E-state index in [1.165, 1.54) is 21.6 Å². The molecular weight excluding hydrogens is 446 g/mol. The SMILES string of the molecule is C[NH+]1CCN(CCNC(=O)OCC2(C)SC3C(=Cc4ccccn4)C(=O)N3C2C(=O)O)CC1. The molecule has 0 saturated carbocycles. The van der Waals surface area contributed by atoms with E-state index in [0.717, 1.165) is 32.7 Å². The van der Waals surface area contributed by atoms with Crippen LogP contribution in [-0.4, -0.2) is 107 Å². The third-order valence-corrected chi connectivity index (χ3v) is 7.94. The maximum absolute atomic E-state index is 12.7. The van der Waals surface area contributed by atoms with Crippen LogP contribution in [0.15, 0.2) is 30.0 Å². The molecule has 4 heterocycles. The number of hydrogen-bond donors (Lipinski definition) is 3. The van der Waals surface area contributed by atoms with Crippen LogP contribution in [0, 0.1) is 0 Å². The van der Waals surface area contributed by atoms with Gasteiger partial charge < -0.3 is 25.0 Å². The average Bonchev–Trinajstić information content (AvgIpc) is 3.08. The van der Waals surface area contributed by atoms with Crippen LogP contribution in [0.1, 0.15) is 12.6 Å². The Morgan fingerprint density at radius 1 is 1.39 bits per heavy atom. The number of thioether (sulfide) groups is 1. The van der Waals surface area contributed by atoms with Crippen molar-refractivity contribution in [1.29, 1.82) is 0 Å². The number of piperazine rings is 1. The number of likely N-dealkylation sites (N-methyl/N-ethyl adjacent to an activating group) is 1. The number of nitrogens with zero attached hydrogens (tertiary/aromatic N) is 3. The summed E-state index contributed by atoms with van der Waals surface area (Å²) in [6.07, 6.45) is 2.75. The van der Waals surface area contributed by atoms with Crippen LogP contribution >= 0.6 is 11.8 Å². The van der Waals surface area contributed by atoms with Gasteiger partial charge >= 0.3 is 12.1 Å². The maximum Gasteiger partial charge on any atom is 0.407 e. The van der Waals surface area contributed by atoms with Gasteiger partial charge in [0.1, 0.15) is 18.0 Å². The molecule has 0 bridgehead atoms. The molecule has 0 spiro atoms. The molecule has 2 amide bonds. The zero-order valence-corrected chi connectivity index (χ0v) is 19.6. The van der Waals surface area contributed by atoms with E-state index in [4.69, 9.17) is 4.74 Å². The fraction of sp³-hybridized carbons (Fsp3) is 0.545. The van der Waals surface area contributed by atoms with Crippen LogP contribution in [0.5, 0.6) is 0 Å². The van der Waals surface area contributed by atoms with Gasteiger partial charge in [0.25, 0.3) is 5.91 Å². The number of aromatic nitrogens is 1. The van der Waals surface area contributed by atoms with Gasteiger partial charge in [-0.2, -0.15) is 0 Å². The normalized spacial score (nSPS) is 29.0. The lowest BCUT2D eigenvalue weighted by Crippen LogP contribution is -3.12. The van der Waals surface area contributed by atoms with Crippen LogP contribution in [0.4, 0.5) is 4.79 Å². The first-order valence-corrected chi connectivity index (χ1v) is 12.0. The number of carbonyl (C=O) groups is 3. The van der Waals surface area contributed by atoms with Gasteiger partial charge in [0, 0.05) is 32.4 Å². The van der Waals surface area contributed by atoms with Crippen LogP contribution in [0.2, 0.25) is 0 Å². The van der Waals surface area contributed by atoms with Gasteiger partial charge in [0.15, 0.2) is 0 Å². The number of alkyl carbamates (subject to hydrolysis) is 1. The Morgan fingerprint density at radius 3 is 2.82 bits per heavy atom. The average molecular weight is 477 g/mol. The largest absolute Gasteiger partial charge is 0.480 e. The van der Waals surface area contributed by atoms with Gasteiger partial charge in [-0.1, -0.05) is 6.07 Å². The lowest BCUT2D eigenvalue weighted by atomic mass is 9.94. The Hall–Kier alpha value is -2.63. The Labute approximate surface area is 196 Å². The molecular formula is C22H30N5O5S+. The molecule has 3 saturated heterocycles. The number of β-lactam (4-membered cyclic amide) rings is 1. The Morgan fingerprint density at radius 2 is 2.15 bits per heavy atom. The lowest BCUT2D eigenvalue weighted by Gasteiger charge is -2.39. The molecule has 3 unspecified atom stereocenters. The highest BCUT2D eigenvalue weighted by Crippen LogP contribution is 2.53. The summed E-state index contributed by atoms with van der Waals surface area (Å²) in [5.41, 5.74) is 1.14. The van der Waals surface area contributed by atoms with Crippen molar-refractivity contribution in [2.45, 2.75) is 23.1 Å². The van der Waals surface area contributed by atoms with E-state index in [2.05, 4.69) is 22.2 Å². The number of rotatable bonds is 7. The van der Waals surface area contributed by atoms with E-state index >= 15 is 0 Å². The Balaban J connectivity index is 1.33. The minimum atomic E-state index is -1.11. The summed E-state index contributed by atoms with van der Waals surface area (Å²) in [6.45, 7) is 6.99. The molecule has 3 N–H and O–H groups in total. The van der Waals surface area contributed by atoms with Gasteiger partial charge in [-0.05, 0) is 25.1 Å². The van der Waals surface area contributed by atoms with Crippen LogP contribution < -0.4 is 10.2 Å². The molecule has 33 heavy (non-hydrogen) atoms. The summed E-state index contributed by atoms with van der Waals surface area (Å²) in [4.78, 5) is 46.4. The lowest BCUT2D eigenvalue weighted by molar-refractivity contribution is -0.884. The first-order valence-electron chi connectivity index (χ1n) is 11.1. The van der Waals surface area contributed by atoms with E-state index in [0.29, 0.717) is 17.8 Å². The van der Waals surface area contributed by atoms with Crippen molar-refractivity contribution in [3.05, 3.63) is 35.7 Å². The summed E-state index contributed by atoms with van der Waals surface area (Å²) in [7, 11) is 2.17. The monoisotopic (exact) mass is 476 g/mol. The highest BCUT2D eigenvalue weighted by atomic mass is 32.2. The van der Waals surface area contributed by atoms with Crippen molar-refractivity contribution < 1.29 is 29.1 Å². The van der Waals surface area contributed by atoms with E-state index in [9.17, 15) is 19.5 Å². The number of nitrogens with one attached hydrogen (secondary N) is 2. The third-order valence-electron chi connectivity index (χ3n) is 6.36. The number of amides is 2. The first kappa shape index (κ1) is 23.5. The van der Waals surface area contributed by atoms with Gasteiger partial charge in [-0.15, -0.1) is 11.8 Å². The zero-order valence-electron chi connectivity index (χ0n) is 18.8. The third kappa shape index (κ3) is 4.99. The van der Waals surface area contributed by atoms with Crippen molar-refractivity contribution in [3.8, 4) is 0 Å². The van der Waals surface area contributed by atoms with E-state index in [1.54, 1.807) is 31.3 Å². The van der Waals surface area contributed by atoms with Crippen molar-refractivity contribution in [2.24, 2.45) is 0 Å². The number of quaternary nitrogens is 1. The Bertz CT molecular complexity index is 936. The molecule has 4 rings (SSSR count). The predicted molar refractivity (Wildman–Crippen MR) is 123 cm³/mol.